The van der Waals surface area contributed by atoms with E-state index in [-0.39, 0.29) is 11.7 Å². The summed E-state index contributed by atoms with van der Waals surface area (Å²) in [7, 11) is 0. The molecule has 9 heteroatoms. The van der Waals surface area contributed by atoms with Crippen molar-refractivity contribution in [2.75, 3.05) is 11.1 Å². The molecule has 0 aromatic carbocycles. The topological polar surface area (TPSA) is 80.9 Å². The molecule has 0 saturated carbocycles. The maximum atomic E-state index is 11.7. The van der Waals surface area contributed by atoms with Crippen LogP contribution in [0.2, 0.25) is 0 Å². The number of aromatic nitrogens is 3. The van der Waals surface area contributed by atoms with E-state index in [1.165, 1.54) is 23.1 Å². The van der Waals surface area contributed by atoms with E-state index < -0.39 is 0 Å². The predicted molar refractivity (Wildman–Crippen MR) is 83.8 cm³/mol. The lowest BCUT2D eigenvalue weighted by atomic mass is 10.3. The van der Waals surface area contributed by atoms with E-state index in [4.69, 9.17) is 4.42 Å². The molecular formula is C12H10N4O2S3. The van der Waals surface area contributed by atoms with Gasteiger partial charge in [0, 0.05) is 11.6 Å². The second-order valence-electron chi connectivity index (χ2n) is 3.98. The SMILES string of the molecule is Cc1ccsc1-c1nnc(SCC(=O)Nc2nccs2)o1. The molecule has 0 atom stereocenters. The van der Waals surface area contributed by atoms with Gasteiger partial charge in [0.15, 0.2) is 5.13 Å². The average Bonchev–Trinajstić information content (AvgIpc) is 3.17. The Labute approximate surface area is 132 Å². The van der Waals surface area contributed by atoms with Gasteiger partial charge in [-0.3, -0.25) is 4.79 Å². The van der Waals surface area contributed by atoms with Gasteiger partial charge in [-0.1, -0.05) is 11.8 Å². The molecular weight excluding hydrogens is 328 g/mol. The molecule has 3 aromatic rings. The maximum Gasteiger partial charge on any atom is 0.277 e. The van der Waals surface area contributed by atoms with E-state index in [0.29, 0.717) is 16.2 Å². The Morgan fingerprint density at radius 2 is 2.29 bits per heavy atom. The van der Waals surface area contributed by atoms with Gasteiger partial charge >= 0.3 is 0 Å². The summed E-state index contributed by atoms with van der Waals surface area (Å²) in [6, 6.07) is 2.00. The van der Waals surface area contributed by atoms with Crippen molar-refractivity contribution in [2.45, 2.75) is 12.1 Å². The molecule has 0 bridgehead atoms. The van der Waals surface area contributed by atoms with Crippen molar-refractivity contribution in [2.24, 2.45) is 0 Å². The Morgan fingerprint density at radius 1 is 1.38 bits per heavy atom. The summed E-state index contributed by atoms with van der Waals surface area (Å²) in [5, 5.41) is 15.4. The molecule has 1 N–H and O–H groups in total. The van der Waals surface area contributed by atoms with E-state index in [1.54, 1.807) is 22.9 Å². The smallest absolute Gasteiger partial charge is 0.277 e. The molecule has 0 radical (unpaired) electrons. The average molecular weight is 338 g/mol. The molecule has 21 heavy (non-hydrogen) atoms. The summed E-state index contributed by atoms with van der Waals surface area (Å²) in [4.78, 5) is 16.7. The Bertz CT molecular complexity index is 735. The van der Waals surface area contributed by atoms with E-state index in [9.17, 15) is 4.79 Å². The van der Waals surface area contributed by atoms with Crippen molar-refractivity contribution >= 4 is 45.5 Å². The third kappa shape index (κ3) is 3.49. The number of anilines is 1. The number of aryl methyl sites for hydroxylation is 1. The minimum Gasteiger partial charge on any atom is -0.410 e. The predicted octanol–water partition coefficient (Wildman–Crippen LogP) is 3.29. The van der Waals surface area contributed by atoms with Crippen LogP contribution in [0, 0.1) is 6.92 Å². The number of amides is 1. The molecule has 0 aliphatic heterocycles. The molecule has 0 fully saturated rings. The first-order valence-electron chi connectivity index (χ1n) is 5.92. The fraction of sp³-hybridized carbons (Fsp3) is 0.167. The zero-order chi connectivity index (χ0) is 14.7. The first-order chi connectivity index (χ1) is 10.2. The molecule has 3 aromatic heterocycles. The quantitative estimate of drug-likeness (QED) is 0.719. The van der Waals surface area contributed by atoms with Crippen LogP contribution in [0.15, 0.2) is 32.7 Å². The van der Waals surface area contributed by atoms with Gasteiger partial charge in [-0.05, 0) is 23.9 Å². The summed E-state index contributed by atoms with van der Waals surface area (Å²) >= 11 is 4.13. The number of carbonyl (C=O) groups is 1. The van der Waals surface area contributed by atoms with E-state index in [0.717, 1.165) is 10.4 Å². The van der Waals surface area contributed by atoms with Crippen LogP contribution in [-0.4, -0.2) is 26.8 Å². The van der Waals surface area contributed by atoms with Gasteiger partial charge in [-0.15, -0.1) is 32.9 Å². The number of thiazole rings is 1. The van der Waals surface area contributed by atoms with Crippen molar-refractivity contribution in [3.8, 4) is 10.8 Å². The first-order valence-corrected chi connectivity index (χ1v) is 8.67. The normalized spacial score (nSPS) is 10.7. The van der Waals surface area contributed by atoms with Crippen LogP contribution in [0.4, 0.5) is 5.13 Å². The standard InChI is InChI=1S/C12H10N4O2S3/c1-7-2-4-19-9(7)10-15-16-12(18-10)21-6-8(17)14-11-13-3-5-20-11/h2-5H,6H2,1H3,(H,13,14,17). The van der Waals surface area contributed by atoms with Crippen LogP contribution in [0.1, 0.15) is 5.56 Å². The zero-order valence-electron chi connectivity index (χ0n) is 10.9. The highest BCUT2D eigenvalue weighted by molar-refractivity contribution is 7.99. The molecule has 3 heterocycles. The molecule has 1 amide bonds. The number of thioether (sulfide) groups is 1. The number of nitrogens with zero attached hydrogens (tertiary/aromatic N) is 3. The number of hydrogen-bond donors (Lipinski definition) is 1. The van der Waals surface area contributed by atoms with Crippen molar-refractivity contribution in [3.05, 3.63) is 28.6 Å². The van der Waals surface area contributed by atoms with Gasteiger partial charge in [0.2, 0.25) is 5.91 Å². The molecule has 6 nitrogen and oxygen atoms in total. The fourth-order valence-corrected chi connectivity index (χ4v) is 3.47. The number of rotatable bonds is 5. The molecule has 108 valence electrons. The number of hydrogen-bond acceptors (Lipinski definition) is 8. The summed E-state index contributed by atoms with van der Waals surface area (Å²) in [5.74, 6) is 0.539. The van der Waals surface area contributed by atoms with Gasteiger partial charge in [0.25, 0.3) is 11.1 Å². The number of carbonyl (C=O) groups excluding carboxylic acids is 1. The summed E-state index contributed by atoms with van der Waals surface area (Å²) in [5.41, 5.74) is 1.10. The van der Waals surface area contributed by atoms with Crippen LogP contribution in [-0.2, 0) is 4.79 Å². The number of thiophene rings is 1. The Balaban J connectivity index is 1.58. The van der Waals surface area contributed by atoms with E-state index in [1.807, 2.05) is 18.4 Å². The summed E-state index contributed by atoms with van der Waals surface area (Å²) in [6.45, 7) is 1.99. The molecule has 3 rings (SSSR count). The molecule has 0 aliphatic carbocycles. The second kappa shape index (κ2) is 6.37. The number of nitrogens with one attached hydrogen (secondary N) is 1. The molecule has 0 spiro atoms. The van der Waals surface area contributed by atoms with Crippen LogP contribution >= 0.6 is 34.4 Å². The minimum atomic E-state index is -0.151. The van der Waals surface area contributed by atoms with Crippen molar-refractivity contribution in [1.82, 2.24) is 15.2 Å². The van der Waals surface area contributed by atoms with Crippen molar-refractivity contribution in [1.29, 1.82) is 0 Å². The highest BCUT2D eigenvalue weighted by Crippen LogP contribution is 2.29. The second-order valence-corrected chi connectivity index (χ2v) is 6.72. The largest absolute Gasteiger partial charge is 0.410 e. The van der Waals surface area contributed by atoms with Gasteiger partial charge < -0.3 is 9.73 Å². The first kappa shape index (κ1) is 14.2. The minimum absolute atomic E-state index is 0.151. The lowest BCUT2D eigenvalue weighted by molar-refractivity contribution is -0.113. The highest BCUT2D eigenvalue weighted by Gasteiger charge is 2.14. The van der Waals surface area contributed by atoms with Crippen molar-refractivity contribution in [3.63, 3.8) is 0 Å². The van der Waals surface area contributed by atoms with Crippen molar-refractivity contribution < 1.29 is 9.21 Å². The molecule has 0 unspecified atom stereocenters. The Kier molecular flexibility index (Phi) is 4.32. The Hall–Kier alpha value is -1.71. The van der Waals surface area contributed by atoms with E-state index in [2.05, 4.69) is 20.5 Å². The van der Waals surface area contributed by atoms with Crippen LogP contribution in [0.25, 0.3) is 10.8 Å². The summed E-state index contributed by atoms with van der Waals surface area (Å²) < 4.78 is 5.55. The van der Waals surface area contributed by atoms with Gasteiger partial charge in [-0.25, -0.2) is 4.98 Å². The Morgan fingerprint density at radius 3 is 3.00 bits per heavy atom. The van der Waals surface area contributed by atoms with Crippen LogP contribution in [0.5, 0.6) is 0 Å². The van der Waals surface area contributed by atoms with Crippen LogP contribution < -0.4 is 5.32 Å². The van der Waals surface area contributed by atoms with Crippen LogP contribution in [0.3, 0.4) is 0 Å². The maximum absolute atomic E-state index is 11.7. The van der Waals surface area contributed by atoms with Gasteiger partial charge in [-0.2, -0.15) is 0 Å². The van der Waals surface area contributed by atoms with Gasteiger partial charge in [0.05, 0.1) is 10.6 Å². The van der Waals surface area contributed by atoms with E-state index >= 15 is 0 Å². The highest BCUT2D eigenvalue weighted by atomic mass is 32.2. The monoisotopic (exact) mass is 338 g/mol. The molecule has 0 saturated heterocycles. The zero-order valence-corrected chi connectivity index (χ0v) is 13.3. The fourth-order valence-electron chi connectivity index (χ4n) is 1.52. The third-order valence-corrected chi connectivity index (χ3v) is 4.98. The lowest BCUT2D eigenvalue weighted by Gasteiger charge is -1.98. The van der Waals surface area contributed by atoms with Gasteiger partial charge in [0.1, 0.15) is 0 Å². The summed E-state index contributed by atoms with van der Waals surface area (Å²) in [6.07, 6.45) is 1.64. The molecule has 0 aliphatic rings. The third-order valence-electron chi connectivity index (χ3n) is 2.47. The lowest BCUT2D eigenvalue weighted by Crippen LogP contribution is -2.13.